The largest absolute Gasteiger partial charge is 0.445 e. The predicted octanol–water partition coefficient (Wildman–Crippen LogP) is 3.92. The van der Waals surface area contributed by atoms with Crippen LogP contribution in [0.2, 0.25) is 0 Å². The molecule has 1 aromatic rings. The van der Waals surface area contributed by atoms with Gasteiger partial charge in [0.05, 0.1) is 25.2 Å². The van der Waals surface area contributed by atoms with Crippen LogP contribution in [0.4, 0.5) is 14.4 Å². The average molecular weight is 594 g/mol. The van der Waals surface area contributed by atoms with Crippen molar-refractivity contribution in [2.24, 2.45) is 0 Å². The normalized spacial score (nSPS) is 18.7. The molecule has 2 N–H and O–H groups in total. The third-order valence-corrected chi connectivity index (χ3v) is 6.31. The molecule has 236 valence electrons. The standard InChI is InChI=1S/C30H47N3O9/c1-29(2,3)41-26(37)31-15-10-11-17-32(27(38)40-21-22-13-8-7-9-14-22)23(24(35)20-34)19-25(36)33(18-12-16-31)28(39)42-30(4,5)6/h7-9,13-14,23-24,34-35H,10-12,15-21H2,1-6H3/t23-,24-/m1/s1. The van der Waals surface area contributed by atoms with Gasteiger partial charge in [-0.3, -0.25) is 4.79 Å². The Morgan fingerprint density at radius 1 is 0.857 bits per heavy atom. The van der Waals surface area contributed by atoms with Gasteiger partial charge in [0.2, 0.25) is 5.91 Å². The summed E-state index contributed by atoms with van der Waals surface area (Å²) < 4.78 is 16.5. The van der Waals surface area contributed by atoms with Crippen LogP contribution in [-0.2, 0) is 25.6 Å². The van der Waals surface area contributed by atoms with E-state index >= 15 is 0 Å². The van der Waals surface area contributed by atoms with Gasteiger partial charge in [-0.25, -0.2) is 19.3 Å². The number of nitrogens with zero attached hydrogens (tertiary/aromatic N) is 3. The van der Waals surface area contributed by atoms with Crippen molar-refractivity contribution in [3.63, 3.8) is 0 Å². The Labute approximate surface area is 248 Å². The molecule has 1 saturated heterocycles. The highest BCUT2D eigenvalue weighted by Crippen LogP contribution is 2.20. The van der Waals surface area contributed by atoms with Gasteiger partial charge in [0, 0.05) is 26.2 Å². The molecule has 0 aromatic heterocycles. The number of ether oxygens (including phenoxy) is 3. The fraction of sp³-hybridized carbons (Fsp3) is 0.667. The van der Waals surface area contributed by atoms with Crippen molar-refractivity contribution >= 4 is 24.2 Å². The molecule has 1 aliphatic rings. The highest BCUT2D eigenvalue weighted by atomic mass is 16.6. The zero-order valence-electron chi connectivity index (χ0n) is 25.7. The maximum Gasteiger partial charge on any atom is 0.417 e. The van der Waals surface area contributed by atoms with E-state index in [0.29, 0.717) is 19.4 Å². The average Bonchev–Trinajstić information content (AvgIpc) is 2.90. The molecule has 1 aliphatic heterocycles. The van der Waals surface area contributed by atoms with Crippen molar-refractivity contribution in [2.75, 3.05) is 32.8 Å². The Hall–Kier alpha value is -3.38. The topological polar surface area (TPSA) is 146 Å². The Balaban J connectivity index is 2.39. The minimum Gasteiger partial charge on any atom is -0.445 e. The number of aliphatic hydroxyl groups is 2. The summed E-state index contributed by atoms with van der Waals surface area (Å²) in [7, 11) is 0. The van der Waals surface area contributed by atoms with Gasteiger partial charge in [-0.2, -0.15) is 0 Å². The third-order valence-electron chi connectivity index (χ3n) is 6.31. The highest BCUT2D eigenvalue weighted by molar-refractivity contribution is 5.92. The van der Waals surface area contributed by atoms with Crippen molar-refractivity contribution in [1.29, 1.82) is 0 Å². The summed E-state index contributed by atoms with van der Waals surface area (Å²) in [5.74, 6) is -0.703. The van der Waals surface area contributed by atoms with Crippen LogP contribution in [0.25, 0.3) is 0 Å². The summed E-state index contributed by atoms with van der Waals surface area (Å²) >= 11 is 0. The predicted molar refractivity (Wildman–Crippen MR) is 154 cm³/mol. The summed E-state index contributed by atoms with van der Waals surface area (Å²) in [4.78, 5) is 56.6. The molecular formula is C30H47N3O9. The zero-order valence-corrected chi connectivity index (χ0v) is 25.7. The van der Waals surface area contributed by atoms with Crippen LogP contribution < -0.4 is 0 Å². The van der Waals surface area contributed by atoms with Crippen LogP contribution in [-0.4, -0.2) is 105 Å². The van der Waals surface area contributed by atoms with E-state index in [1.165, 1.54) is 9.80 Å². The molecule has 1 aromatic carbocycles. The van der Waals surface area contributed by atoms with Crippen molar-refractivity contribution < 1.29 is 43.6 Å². The second-order valence-corrected chi connectivity index (χ2v) is 12.3. The number of rotatable bonds is 4. The molecule has 0 spiro atoms. The first-order valence-electron chi connectivity index (χ1n) is 14.4. The maximum absolute atomic E-state index is 13.6. The first-order chi connectivity index (χ1) is 19.6. The minimum absolute atomic E-state index is 0.0392. The second-order valence-electron chi connectivity index (χ2n) is 12.3. The molecule has 42 heavy (non-hydrogen) atoms. The van der Waals surface area contributed by atoms with Crippen LogP contribution in [0.3, 0.4) is 0 Å². The van der Waals surface area contributed by atoms with E-state index in [1.807, 2.05) is 6.07 Å². The first kappa shape index (κ1) is 34.8. The lowest BCUT2D eigenvalue weighted by atomic mass is 10.0. The van der Waals surface area contributed by atoms with Gasteiger partial charge < -0.3 is 34.2 Å². The van der Waals surface area contributed by atoms with E-state index < -0.39 is 60.6 Å². The summed E-state index contributed by atoms with van der Waals surface area (Å²) in [6.45, 7) is 10.0. The van der Waals surface area contributed by atoms with Gasteiger partial charge >= 0.3 is 18.3 Å². The van der Waals surface area contributed by atoms with Crippen molar-refractivity contribution in [1.82, 2.24) is 14.7 Å². The third kappa shape index (κ3) is 11.8. The van der Waals surface area contributed by atoms with Crippen molar-refractivity contribution in [3.8, 4) is 0 Å². The Morgan fingerprint density at radius 2 is 1.43 bits per heavy atom. The van der Waals surface area contributed by atoms with Gasteiger partial charge in [0.25, 0.3) is 0 Å². The van der Waals surface area contributed by atoms with E-state index in [-0.39, 0.29) is 32.7 Å². The fourth-order valence-electron chi connectivity index (χ4n) is 4.32. The van der Waals surface area contributed by atoms with Gasteiger partial charge in [-0.1, -0.05) is 30.3 Å². The number of amides is 4. The second kappa shape index (κ2) is 15.7. The quantitative estimate of drug-likeness (QED) is 0.496. The van der Waals surface area contributed by atoms with E-state index in [9.17, 15) is 29.4 Å². The van der Waals surface area contributed by atoms with Crippen molar-refractivity contribution in [2.45, 2.75) is 97.2 Å². The Morgan fingerprint density at radius 3 is 2.02 bits per heavy atom. The number of aliphatic hydroxyl groups excluding tert-OH is 2. The summed E-state index contributed by atoms with van der Waals surface area (Å²) in [6.07, 6.45) is -3.01. The molecule has 12 nitrogen and oxygen atoms in total. The van der Waals surface area contributed by atoms with E-state index in [0.717, 1.165) is 10.5 Å². The molecule has 0 bridgehead atoms. The number of hydrogen-bond acceptors (Lipinski definition) is 9. The molecule has 1 fully saturated rings. The summed E-state index contributed by atoms with van der Waals surface area (Å²) in [5, 5.41) is 20.6. The van der Waals surface area contributed by atoms with Gasteiger partial charge in [0.15, 0.2) is 0 Å². The lowest BCUT2D eigenvalue weighted by Gasteiger charge is -2.34. The molecule has 12 heteroatoms. The van der Waals surface area contributed by atoms with E-state index in [2.05, 4.69) is 0 Å². The monoisotopic (exact) mass is 593 g/mol. The number of imide groups is 1. The molecule has 2 rings (SSSR count). The fourth-order valence-corrected chi connectivity index (χ4v) is 4.32. The molecular weight excluding hydrogens is 546 g/mol. The molecule has 4 amide bonds. The molecule has 0 unspecified atom stereocenters. The lowest BCUT2D eigenvalue weighted by molar-refractivity contribution is -0.133. The number of hydrogen-bond donors (Lipinski definition) is 2. The SMILES string of the molecule is CC(C)(C)OC(=O)N1CCCCN(C(=O)OCc2ccccc2)[C@@H]([C@H](O)CO)CC(=O)N(C(=O)OC(C)(C)C)CCC1. The lowest BCUT2D eigenvalue weighted by Crippen LogP contribution is -2.52. The molecule has 0 saturated carbocycles. The van der Waals surface area contributed by atoms with E-state index in [1.54, 1.807) is 65.8 Å². The Bertz CT molecular complexity index is 1040. The number of carbonyl (C=O) groups is 4. The molecule has 0 aliphatic carbocycles. The van der Waals surface area contributed by atoms with E-state index in [4.69, 9.17) is 14.2 Å². The number of benzene rings is 1. The van der Waals surface area contributed by atoms with Crippen molar-refractivity contribution in [3.05, 3.63) is 35.9 Å². The summed E-state index contributed by atoms with van der Waals surface area (Å²) in [6, 6.07) is 7.85. The zero-order chi connectivity index (χ0) is 31.5. The molecule has 0 radical (unpaired) electrons. The van der Waals surface area contributed by atoms with Gasteiger partial charge in [-0.05, 0) is 66.4 Å². The van der Waals surface area contributed by atoms with Crippen LogP contribution in [0.15, 0.2) is 30.3 Å². The van der Waals surface area contributed by atoms with Crippen LogP contribution in [0.1, 0.15) is 72.8 Å². The highest BCUT2D eigenvalue weighted by Gasteiger charge is 2.36. The smallest absolute Gasteiger partial charge is 0.417 e. The molecule has 1 heterocycles. The summed E-state index contributed by atoms with van der Waals surface area (Å²) in [5.41, 5.74) is -0.863. The van der Waals surface area contributed by atoms with Crippen LogP contribution >= 0.6 is 0 Å². The van der Waals surface area contributed by atoms with Crippen LogP contribution in [0, 0.1) is 0 Å². The maximum atomic E-state index is 13.6. The first-order valence-corrected chi connectivity index (χ1v) is 14.4. The van der Waals surface area contributed by atoms with Crippen LogP contribution in [0.5, 0.6) is 0 Å². The molecule has 2 atom stereocenters. The number of carbonyl (C=O) groups excluding carboxylic acids is 4. The van der Waals surface area contributed by atoms with Gasteiger partial charge in [0.1, 0.15) is 17.8 Å². The van der Waals surface area contributed by atoms with Gasteiger partial charge in [-0.15, -0.1) is 0 Å². The Kier molecular flexibility index (Phi) is 13.0. The minimum atomic E-state index is -1.48.